The first-order valence-corrected chi connectivity index (χ1v) is 7.25. The predicted octanol–water partition coefficient (Wildman–Crippen LogP) is 0.692. The Hall–Kier alpha value is -3.42. The molecule has 1 N–H and O–H groups in total. The summed E-state index contributed by atoms with van der Waals surface area (Å²) in [4.78, 5) is 42.5. The average Bonchev–Trinajstić information content (AvgIpc) is 3.09. The third kappa shape index (κ3) is 1.67. The summed E-state index contributed by atoms with van der Waals surface area (Å²) in [6, 6.07) is 9.38. The molecule has 3 aromatic heterocycles. The number of rotatable bonds is 2. The highest BCUT2D eigenvalue weighted by Gasteiger charge is 2.23. The van der Waals surface area contributed by atoms with Gasteiger partial charge in [0.15, 0.2) is 17.5 Å². The molecular weight excluding hydrogens is 310 g/mol. The van der Waals surface area contributed by atoms with Crippen molar-refractivity contribution in [2.45, 2.75) is 0 Å². The van der Waals surface area contributed by atoms with Crippen molar-refractivity contribution in [2.24, 2.45) is 14.1 Å². The molecule has 1 aromatic carbocycles. The van der Waals surface area contributed by atoms with Gasteiger partial charge in [0.2, 0.25) is 5.78 Å². The number of aldehydes is 1. The van der Waals surface area contributed by atoms with Crippen molar-refractivity contribution in [2.75, 3.05) is 0 Å². The molecule has 8 heteroatoms. The average molecular weight is 323 g/mol. The zero-order valence-electron chi connectivity index (χ0n) is 13.0. The number of nitrogens with zero attached hydrogens (tertiary/aromatic N) is 4. The summed E-state index contributed by atoms with van der Waals surface area (Å²) in [6.45, 7) is 0. The van der Waals surface area contributed by atoms with Crippen LogP contribution in [0, 0.1) is 0 Å². The van der Waals surface area contributed by atoms with Crippen LogP contribution in [0.15, 0.2) is 39.9 Å². The van der Waals surface area contributed by atoms with Crippen LogP contribution in [-0.4, -0.2) is 29.8 Å². The highest BCUT2D eigenvalue weighted by molar-refractivity contribution is 5.90. The van der Waals surface area contributed by atoms with Crippen molar-refractivity contribution >= 4 is 23.2 Å². The Morgan fingerprint density at radius 1 is 1.08 bits per heavy atom. The second-order valence-electron chi connectivity index (χ2n) is 5.51. The predicted molar refractivity (Wildman–Crippen MR) is 88.4 cm³/mol. The number of aromatic amines is 1. The van der Waals surface area contributed by atoms with Gasteiger partial charge in [0.05, 0.1) is 5.69 Å². The van der Waals surface area contributed by atoms with E-state index in [4.69, 9.17) is 0 Å². The number of benzene rings is 1. The summed E-state index contributed by atoms with van der Waals surface area (Å²) in [6.07, 6.45) is 0.695. The summed E-state index contributed by atoms with van der Waals surface area (Å²) in [5.74, 6) is 0.414. The summed E-state index contributed by atoms with van der Waals surface area (Å²) in [7, 11) is 3.29. The quantitative estimate of drug-likeness (QED) is 0.549. The van der Waals surface area contributed by atoms with Gasteiger partial charge in [-0.15, -0.1) is 0 Å². The van der Waals surface area contributed by atoms with Gasteiger partial charge in [-0.05, 0) is 0 Å². The number of aryl methyl sites for hydroxylation is 2. The van der Waals surface area contributed by atoms with Crippen LogP contribution < -0.4 is 11.2 Å². The molecule has 0 bridgehead atoms. The van der Waals surface area contributed by atoms with Crippen LogP contribution in [0.3, 0.4) is 0 Å². The minimum absolute atomic E-state index is 0.173. The van der Waals surface area contributed by atoms with Gasteiger partial charge in [0, 0.05) is 19.7 Å². The molecule has 0 amide bonds. The fourth-order valence-corrected chi connectivity index (χ4v) is 3.05. The number of carbonyl (C=O) groups excluding carboxylic acids is 1. The van der Waals surface area contributed by atoms with Crippen LogP contribution in [0.4, 0.5) is 0 Å². The van der Waals surface area contributed by atoms with E-state index in [0.717, 1.165) is 5.56 Å². The smallest absolute Gasteiger partial charge is 0.312 e. The van der Waals surface area contributed by atoms with Crippen LogP contribution in [0.1, 0.15) is 10.5 Å². The fraction of sp³-hybridized carbons (Fsp3) is 0.125. The Kier molecular flexibility index (Phi) is 2.83. The van der Waals surface area contributed by atoms with Crippen molar-refractivity contribution in [1.29, 1.82) is 0 Å². The van der Waals surface area contributed by atoms with Gasteiger partial charge in [-0.2, -0.15) is 4.98 Å². The highest BCUT2D eigenvalue weighted by Crippen LogP contribution is 2.27. The maximum Gasteiger partial charge on any atom is 0.329 e. The summed E-state index contributed by atoms with van der Waals surface area (Å²) in [5.41, 5.74) is 1.08. The molecule has 24 heavy (non-hydrogen) atoms. The molecule has 8 nitrogen and oxygen atoms in total. The van der Waals surface area contributed by atoms with Crippen molar-refractivity contribution in [1.82, 2.24) is 23.5 Å². The summed E-state index contributed by atoms with van der Waals surface area (Å²) >= 11 is 0. The Morgan fingerprint density at radius 2 is 1.79 bits per heavy atom. The lowest BCUT2D eigenvalue weighted by atomic mass is 10.1. The molecule has 0 fully saturated rings. The van der Waals surface area contributed by atoms with Crippen LogP contribution in [0.25, 0.3) is 28.2 Å². The van der Waals surface area contributed by atoms with Crippen LogP contribution in [-0.2, 0) is 14.1 Å². The number of aromatic nitrogens is 5. The topological polar surface area (TPSA) is 94.2 Å². The van der Waals surface area contributed by atoms with E-state index in [2.05, 4.69) is 9.97 Å². The second kappa shape index (κ2) is 4.79. The first-order valence-electron chi connectivity index (χ1n) is 7.25. The zero-order chi connectivity index (χ0) is 17.0. The Balaban J connectivity index is 2.27. The van der Waals surface area contributed by atoms with E-state index in [1.165, 1.54) is 16.0 Å². The summed E-state index contributed by atoms with van der Waals surface area (Å²) in [5, 5.41) is 0. The van der Waals surface area contributed by atoms with Gasteiger partial charge in [0.25, 0.3) is 5.56 Å². The third-order valence-corrected chi connectivity index (χ3v) is 4.18. The second-order valence-corrected chi connectivity index (χ2v) is 5.51. The monoisotopic (exact) mass is 323 g/mol. The SMILES string of the molecule is Cn1c(-c2ccccc2)c(C=O)n2c3c(=O)[nH]c(=O)n(C)c3nc12. The van der Waals surface area contributed by atoms with Crippen molar-refractivity contribution < 1.29 is 4.79 Å². The highest BCUT2D eigenvalue weighted by atomic mass is 16.2. The van der Waals surface area contributed by atoms with E-state index < -0.39 is 11.2 Å². The maximum absolute atomic E-state index is 12.3. The van der Waals surface area contributed by atoms with Gasteiger partial charge in [0.1, 0.15) is 5.69 Å². The number of fused-ring (bicyclic) bond motifs is 3. The van der Waals surface area contributed by atoms with Crippen molar-refractivity contribution in [3.63, 3.8) is 0 Å². The summed E-state index contributed by atoms with van der Waals surface area (Å²) < 4.78 is 4.48. The lowest BCUT2D eigenvalue weighted by Crippen LogP contribution is -2.28. The molecular formula is C16H13N5O3. The molecule has 0 aliphatic heterocycles. The van der Waals surface area contributed by atoms with Gasteiger partial charge >= 0.3 is 5.69 Å². The molecule has 3 heterocycles. The van der Waals surface area contributed by atoms with E-state index in [1.807, 2.05) is 30.3 Å². The molecule has 0 saturated heterocycles. The minimum Gasteiger partial charge on any atom is -0.312 e. The van der Waals surface area contributed by atoms with Crippen molar-refractivity contribution in [3.05, 3.63) is 56.9 Å². The van der Waals surface area contributed by atoms with Gasteiger partial charge in [-0.25, -0.2) is 4.79 Å². The first kappa shape index (κ1) is 14.2. The number of nitrogens with one attached hydrogen (secondary N) is 1. The van der Waals surface area contributed by atoms with E-state index >= 15 is 0 Å². The molecule has 0 spiro atoms. The van der Waals surface area contributed by atoms with E-state index in [1.54, 1.807) is 11.6 Å². The first-order chi connectivity index (χ1) is 11.5. The Morgan fingerprint density at radius 3 is 2.46 bits per heavy atom. The standard InChI is InChI=1S/C16H13N5O3/c1-19-11(9-6-4-3-5-7-9)10(8-22)21-12-13(17-15(19)21)20(2)16(24)18-14(12)23/h3-8H,1-2H3,(H,18,23,24). The lowest BCUT2D eigenvalue weighted by molar-refractivity contribution is 0.111. The van der Waals surface area contributed by atoms with Gasteiger partial charge in [-0.1, -0.05) is 30.3 Å². The van der Waals surface area contributed by atoms with E-state index in [9.17, 15) is 14.4 Å². The molecule has 0 unspecified atom stereocenters. The third-order valence-electron chi connectivity index (χ3n) is 4.18. The Bertz CT molecular complexity index is 1220. The fourth-order valence-electron chi connectivity index (χ4n) is 3.05. The molecule has 0 saturated carbocycles. The number of hydrogen-bond acceptors (Lipinski definition) is 4. The van der Waals surface area contributed by atoms with Crippen LogP contribution in [0.2, 0.25) is 0 Å². The van der Waals surface area contributed by atoms with E-state index in [-0.39, 0.29) is 11.2 Å². The van der Waals surface area contributed by atoms with Crippen LogP contribution >= 0.6 is 0 Å². The molecule has 120 valence electrons. The number of carbonyl (C=O) groups is 1. The van der Waals surface area contributed by atoms with Crippen LogP contribution in [0.5, 0.6) is 0 Å². The Labute approximate surface area is 134 Å². The molecule has 0 atom stereocenters. The molecule has 0 aliphatic rings. The largest absolute Gasteiger partial charge is 0.329 e. The normalized spacial score (nSPS) is 11.4. The lowest BCUT2D eigenvalue weighted by Gasteiger charge is -2.04. The molecule has 0 radical (unpaired) electrons. The zero-order valence-corrected chi connectivity index (χ0v) is 13.0. The number of hydrogen-bond donors (Lipinski definition) is 1. The number of H-pyrrole nitrogens is 1. The molecule has 0 aliphatic carbocycles. The van der Waals surface area contributed by atoms with Crippen molar-refractivity contribution in [3.8, 4) is 11.3 Å². The molecule has 4 rings (SSSR count). The number of imidazole rings is 2. The van der Waals surface area contributed by atoms with Gasteiger partial charge < -0.3 is 4.57 Å². The minimum atomic E-state index is -0.575. The van der Waals surface area contributed by atoms with E-state index in [0.29, 0.717) is 23.5 Å². The maximum atomic E-state index is 12.3. The van der Waals surface area contributed by atoms with Gasteiger partial charge in [-0.3, -0.25) is 23.5 Å². The molecule has 4 aromatic rings.